The molecule has 0 radical (unpaired) electrons. The van der Waals surface area contributed by atoms with Crippen molar-refractivity contribution in [3.63, 3.8) is 0 Å². The number of nitrogens with zero attached hydrogens (tertiary/aromatic N) is 3. The van der Waals surface area contributed by atoms with E-state index in [9.17, 15) is 0 Å². The Kier molecular flexibility index (Phi) is 3.36. The third-order valence-electron chi connectivity index (χ3n) is 2.80. The van der Waals surface area contributed by atoms with Crippen molar-refractivity contribution in [1.82, 2.24) is 14.5 Å². The van der Waals surface area contributed by atoms with E-state index >= 15 is 0 Å². The molecule has 0 N–H and O–H groups in total. The van der Waals surface area contributed by atoms with Crippen molar-refractivity contribution in [2.24, 2.45) is 0 Å². The summed E-state index contributed by atoms with van der Waals surface area (Å²) in [4.78, 5) is 2.44. The normalized spacial score (nSPS) is 24.0. The lowest BCUT2D eigenvalue weighted by Crippen LogP contribution is -2.36. The molecule has 3 nitrogen and oxygen atoms in total. The van der Waals surface area contributed by atoms with Crippen LogP contribution in [0, 0.1) is 0 Å². The molecule has 1 aromatic heterocycles. The molecule has 1 aliphatic heterocycles. The lowest BCUT2D eigenvalue weighted by atomic mass is 10.0. The molecule has 0 aliphatic carbocycles. The molecule has 0 saturated carbocycles. The molecule has 1 fully saturated rings. The predicted molar refractivity (Wildman–Crippen MR) is 58.6 cm³/mol. The zero-order chi connectivity index (χ0) is 9.97. The molecule has 1 aromatic rings. The molecule has 0 aromatic carbocycles. The number of aromatic nitrogens is 2. The van der Waals surface area contributed by atoms with Gasteiger partial charge in [-0.25, -0.2) is 0 Å². The van der Waals surface area contributed by atoms with Crippen LogP contribution >= 0.6 is 23.1 Å². The lowest BCUT2D eigenvalue weighted by molar-refractivity contribution is 0.151. The summed E-state index contributed by atoms with van der Waals surface area (Å²) in [5.74, 6) is 0. The first-order chi connectivity index (χ1) is 6.77. The van der Waals surface area contributed by atoms with Crippen molar-refractivity contribution in [3.05, 3.63) is 10.0 Å². The van der Waals surface area contributed by atoms with Crippen LogP contribution < -0.4 is 0 Å². The maximum Gasteiger partial charge on any atom is 0.138 e. The Bertz CT molecular complexity index is 302. The molecular weight excluding hydrogens is 218 g/mol. The lowest BCUT2D eigenvalue weighted by Gasteiger charge is -2.32. The van der Waals surface area contributed by atoms with Gasteiger partial charge in [0.1, 0.15) is 10.0 Å². The fraction of sp³-hybridized carbons (Fsp3) is 0.778. The quantitative estimate of drug-likeness (QED) is 0.784. The second kappa shape index (κ2) is 4.55. The summed E-state index contributed by atoms with van der Waals surface area (Å²) in [6, 6.07) is 0.654. The zero-order valence-electron chi connectivity index (χ0n) is 8.24. The van der Waals surface area contributed by atoms with E-state index in [2.05, 4.69) is 21.4 Å². The highest BCUT2D eigenvalue weighted by Crippen LogP contribution is 2.23. The van der Waals surface area contributed by atoms with Gasteiger partial charge in [0.15, 0.2) is 0 Å². The van der Waals surface area contributed by atoms with Crippen LogP contribution in [0.25, 0.3) is 0 Å². The summed E-state index contributed by atoms with van der Waals surface area (Å²) in [7, 11) is 0. The highest BCUT2D eigenvalue weighted by atomic mass is 35.5. The number of piperidine rings is 1. The van der Waals surface area contributed by atoms with Crippen molar-refractivity contribution in [3.8, 4) is 0 Å². The zero-order valence-corrected chi connectivity index (χ0v) is 9.81. The van der Waals surface area contributed by atoms with Gasteiger partial charge in [0.05, 0.1) is 0 Å². The van der Waals surface area contributed by atoms with E-state index in [0.29, 0.717) is 6.04 Å². The standard InChI is InChI=1S/C9H14ClN3S/c1-7-4-2-3-5-13(7)6-8-9(10)14-12-11-8/h7H,2-6H2,1H3/t7-/m1/s1. The van der Waals surface area contributed by atoms with Gasteiger partial charge in [-0.15, -0.1) is 5.10 Å². The molecule has 0 amide bonds. The summed E-state index contributed by atoms with van der Waals surface area (Å²) < 4.78 is 4.58. The topological polar surface area (TPSA) is 29.0 Å². The van der Waals surface area contributed by atoms with Gasteiger partial charge in [-0.05, 0) is 26.3 Å². The third-order valence-corrected chi connectivity index (χ3v) is 3.79. The Morgan fingerprint density at radius 1 is 1.57 bits per heavy atom. The molecule has 2 rings (SSSR count). The minimum atomic E-state index is 0.654. The second-order valence-electron chi connectivity index (χ2n) is 3.81. The molecule has 0 unspecified atom stereocenters. The van der Waals surface area contributed by atoms with Crippen molar-refractivity contribution < 1.29 is 0 Å². The van der Waals surface area contributed by atoms with Crippen LogP contribution in [0.4, 0.5) is 0 Å². The van der Waals surface area contributed by atoms with E-state index < -0.39 is 0 Å². The maximum absolute atomic E-state index is 5.97. The Labute approximate surface area is 93.2 Å². The van der Waals surface area contributed by atoms with Crippen molar-refractivity contribution >= 4 is 23.1 Å². The minimum Gasteiger partial charge on any atom is -0.295 e. The smallest absolute Gasteiger partial charge is 0.138 e. The minimum absolute atomic E-state index is 0.654. The molecule has 1 aliphatic rings. The molecule has 78 valence electrons. The third kappa shape index (κ3) is 2.24. The van der Waals surface area contributed by atoms with Crippen LogP contribution in [-0.4, -0.2) is 27.1 Å². The van der Waals surface area contributed by atoms with Gasteiger partial charge < -0.3 is 0 Å². The van der Waals surface area contributed by atoms with E-state index in [0.717, 1.165) is 23.1 Å². The van der Waals surface area contributed by atoms with Gasteiger partial charge >= 0.3 is 0 Å². The van der Waals surface area contributed by atoms with Crippen molar-refractivity contribution in [2.75, 3.05) is 6.54 Å². The molecule has 1 atom stereocenters. The Morgan fingerprint density at radius 2 is 2.43 bits per heavy atom. The average Bonchev–Trinajstić information content (AvgIpc) is 2.56. The van der Waals surface area contributed by atoms with Crippen LogP contribution in [0.1, 0.15) is 31.9 Å². The molecule has 1 saturated heterocycles. The molecular formula is C9H14ClN3S. The van der Waals surface area contributed by atoms with Gasteiger partial charge in [0, 0.05) is 24.1 Å². The van der Waals surface area contributed by atoms with E-state index in [-0.39, 0.29) is 0 Å². The van der Waals surface area contributed by atoms with E-state index in [1.165, 1.54) is 30.8 Å². The first kappa shape index (κ1) is 10.3. The van der Waals surface area contributed by atoms with Gasteiger partial charge in [-0.3, -0.25) is 4.90 Å². The molecule has 5 heteroatoms. The van der Waals surface area contributed by atoms with Crippen LogP contribution in [0.15, 0.2) is 0 Å². The van der Waals surface area contributed by atoms with Crippen molar-refractivity contribution in [2.45, 2.75) is 38.8 Å². The summed E-state index contributed by atoms with van der Waals surface area (Å²) in [5.41, 5.74) is 0.936. The van der Waals surface area contributed by atoms with E-state index in [1.54, 1.807) is 0 Å². The maximum atomic E-state index is 5.97. The van der Waals surface area contributed by atoms with Crippen LogP contribution in [-0.2, 0) is 6.54 Å². The number of hydrogen-bond acceptors (Lipinski definition) is 4. The Hall–Kier alpha value is -0.190. The molecule has 2 heterocycles. The Balaban J connectivity index is 1.99. The first-order valence-corrected chi connectivity index (χ1v) is 6.13. The molecule has 14 heavy (non-hydrogen) atoms. The van der Waals surface area contributed by atoms with Crippen LogP contribution in [0.3, 0.4) is 0 Å². The SMILES string of the molecule is C[C@@H]1CCCCN1Cc1nnsc1Cl. The van der Waals surface area contributed by atoms with E-state index in [1.807, 2.05) is 0 Å². The number of hydrogen-bond donors (Lipinski definition) is 0. The van der Waals surface area contributed by atoms with Crippen LogP contribution in [0.5, 0.6) is 0 Å². The van der Waals surface area contributed by atoms with E-state index in [4.69, 9.17) is 11.6 Å². The van der Waals surface area contributed by atoms with Gasteiger partial charge in [-0.2, -0.15) is 0 Å². The number of likely N-dealkylation sites (tertiary alicyclic amines) is 1. The fourth-order valence-corrected chi connectivity index (χ4v) is 2.49. The van der Waals surface area contributed by atoms with Crippen molar-refractivity contribution in [1.29, 1.82) is 0 Å². The number of rotatable bonds is 2. The second-order valence-corrected chi connectivity index (χ2v) is 5.16. The summed E-state index contributed by atoms with van der Waals surface area (Å²) in [6.07, 6.45) is 3.93. The van der Waals surface area contributed by atoms with Gasteiger partial charge in [-0.1, -0.05) is 22.5 Å². The summed E-state index contributed by atoms with van der Waals surface area (Å²) in [5, 5.41) is 4.04. The largest absolute Gasteiger partial charge is 0.295 e. The van der Waals surface area contributed by atoms with Gasteiger partial charge in [0.25, 0.3) is 0 Å². The number of halogens is 1. The predicted octanol–water partition coefficient (Wildman–Crippen LogP) is 2.57. The highest BCUT2D eigenvalue weighted by molar-refractivity contribution is 7.10. The monoisotopic (exact) mass is 231 g/mol. The first-order valence-electron chi connectivity index (χ1n) is 4.98. The Morgan fingerprint density at radius 3 is 3.07 bits per heavy atom. The summed E-state index contributed by atoms with van der Waals surface area (Å²) >= 11 is 7.25. The molecule has 0 spiro atoms. The molecule has 0 bridgehead atoms. The van der Waals surface area contributed by atoms with Gasteiger partial charge in [0.2, 0.25) is 0 Å². The highest BCUT2D eigenvalue weighted by Gasteiger charge is 2.20. The fourth-order valence-electron chi connectivity index (χ4n) is 1.88. The van der Waals surface area contributed by atoms with Crippen LogP contribution in [0.2, 0.25) is 4.34 Å². The summed E-state index contributed by atoms with van der Waals surface area (Å²) in [6.45, 7) is 4.29. The average molecular weight is 232 g/mol.